The number of hydrogen-bond donors (Lipinski definition) is 1. The van der Waals surface area contributed by atoms with E-state index in [1.54, 1.807) is 18.4 Å². The van der Waals surface area contributed by atoms with Crippen molar-refractivity contribution in [1.82, 2.24) is 5.32 Å². The number of amides is 1. The molecule has 3 nitrogen and oxygen atoms in total. The third-order valence-electron chi connectivity index (χ3n) is 4.53. The van der Waals surface area contributed by atoms with Crippen LogP contribution in [0.15, 0.2) is 29.6 Å². The first-order chi connectivity index (χ1) is 11.2. The minimum absolute atomic E-state index is 0.127. The molecular weight excluding hydrogens is 350 g/mol. The molecule has 0 aliphatic heterocycles. The van der Waals surface area contributed by atoms with E-state index in [1.165, 1.54) is 16.2 Å². The lowest BCUT2D eigenvalue weighted by Crippen LogP contribution is -2.43. The van der Waals surface area contributed by atoms with Gasteiger partial charge in [-0.2, -0.15) is 0 Å². The Morgan fingerprint density at radius 2 is 2.17 bits per heavy atom. The Hall–Kier alpha value is -0.880. The summed E-state index contributed by atoms with van der Waals surface area (Å²) in [4.78, 5) is 15.2. The zero-order valence-electron chi connectivity index (χ0n) is 13.0. The third kappa shape index (κ3) is 3.48. The maximum absolute atomic E-state index is 12.9. The van der Waals surface area contributed by atoms with E-state index in [1.807, 2.05) is 23.6 Å². The molecule has 1 amide bonds. The van der Waals surface area contributed by atoms with Crippen molar-refractivity contribution < 1.29 is 9.53 Å². The monoisotopic (exact) mass is 369 g/mol. The van der Waals surface area contributed by atoms with Crippen LogP contribution in [0.2, 0.25) is 4.34 Å². The lowest BCUT2D eigenvalue weighted by molar-refractivity contribution is -0.127. The minimum atomic E-state index is -0.348. The number of carbonyl (C=O) groups excluding carboxylic acids is 1. The van der Waals surface area contributed by atoms with E-state index in [-0.39, 0.29) is 17.4 Å². The highest BCUT2D eigenvalue weighted by molar-refractivity contribution is 7.16. The Labute approximate surface area is 149 Å². The first kappa shape index (κ1) is 17.0. The fraction of sp³-hybridized carbons (Fsp3) is 0.471. The number of hydrogen-bond acceptors (Lipinski definition) is 4. The van der Waals surface area contributed by atoms with E-state index in [9.17, 15) is 4.79 Å². The van der Waals surface area contributed by atoms with Gasteiger partial charge >= 0.3 is 0 Å². The lowest BCUT2D eigenvalue weighted by atomic mass is 9.83. The quantitative estimate of drug-likeness (QED) is 0.795. The molecule has 1 aliphatic rings. The third-order valence-corrected chi connectivity index (χ3v) is 6.93. The summed E-state index contributed by atoms with van der Waals surface area (Å²) in [5.74, 6) is 0.127. The van der Waals surface area contributed by atoms with Gasteiger partial charge in [-0.05, 0) is 36.4 Å². The van der Waals surface area contributed by atoms with Crippen LogP contribution in [-0.4, -0.2) is 19.6 Å². The number of nitrogens with one attached hydrogen (secondary N) is 1. The second kappa shape index (κ2) is 7.34. The van der Waals surface area contributed by atoms with Gasteiger partial charge in [0.15, 0.2) is 0 Å². The lowest BCUT2D eigenvalue weighted by Gasteiger charge is -2.27. The largest absolute Gasteiger partial charge is 0.374 e. The standard InChI is InChI=1S/C17H20ClNO2S2/c1-21-12(13-6-7-15(18)23-13)11-19-16(20)17(8-2-3-9-17)14-5-4-10-22-14/h4-7,10,12H,2-3,8-9,11H2,1H3,(H,19,20)/t12-/m0/s1. The van der Waals surface area contributed by atoms with Crippen molar-refractivity contribution in [2.45, 2.75) is 37.2 Å². The van der Waals surface area contributed by atoms with E-state index in [0.29, 0.717) is 6.54 Å². The predicted octanol–water partition coefficient (Wildman–Crippen LogP) is 4.78. The van der Waals surface area contributed by atoms with E-state index >= 15 is 0 Å². The first-order valence-corrected chi connectivity index (χ1v) is 9.83. The number of ether oxygens (including phenoxy) is 1. The molecule has 1 N–H and O–H groups in total. The van der Waals surface area contributed by atoms with Gasteiger partial charge in [0.1, 0.15) is 6.10 Å². The molecule has 2 heterocycles. The Balaban J connectivity index is 1.70. The summed E-state index contributed by atoms with van der Waals surface area (Å²) in [7, 11) is 1.66. The SMILES string of the molecule is CO[C@@H](CNC(=O)C1(c2cccs2)CCCC1)c1ccc(Cl)s1. The molecular formula is C17H20ClNO2S2. The van der Waals surface area contributed by atoms with E-state index < -0.39 is 0 Å². The molecule has 6 heteroatoms. The van der Waals surface area contributed by atoms with Crippen molar-refractivity contribution in [2.75, 3.05) is 13.7 Å². The molecule has 2 aromatic rings. The maximum Gasteiger partial charge on any atom is 0.231 e. The fourth-order valence-corrected chi connectivity index (χ4v) is 5.39. The van der Waals surface area contributed by atoms with E-state index in [2.05, 4.69) is 11.4 Å². The van der Waals surface area contributed by atoms with Crippen molar-refractivity contribution in [2.24, 2.45) is 0 Å². The molecule has 1 atom stereocenters. The predicted molar refractivity (Wildman–Crippen MR) is 96.6 cm³/mol. The van der Waals surface area contributed by atoms with E-state index in [0.717, 1.165) is 34.9 Å². The summed E-state index contributed by atoms with van der Waals surface area (Å²) < 4.78 is 6.26. The second-order valence-electron chi connectivity index (χ2n) is 5.84. The van der Waals surface area contributed by atoms with Gasteiger partial charge < -0.3 is 10.1 Å². The van der Waals surface area contributed by atoms with Crippen LogP contribution >= 0.6 is 34.3 Å². The van der Waals surface area contributed by atoms with Crippen LogP contribution in [0.25, 0.3) is 0 Å². The highest BCUT2D eigenvalue weighted by atomic mass is 35.5. The van der Waals surface area contributed by atoms with Gasteiger partial charge in [0.2, 0.25) is 5.91 Å². The fourth-order valence-electron chi connectivity index (χ4n) is 3.27. The van der Waals surface area contributed by atoms with E-state index in [4.69, 9.17) is 16.3 Å². The second-order valence-corrected chi connectivity index (χ2v) is 8.54. The minimum Gasteiger partial charge on any atom is -0.374 e. The summed E-state index contributed by atoms with van der Waals surface area (Å²) in [6.45, 7) is 0.472. The maximum atomic E-state index is 12.9. The van der Waals surface area contributed by atoms with Gasteiger partial charge in [0.25, 0.3) is 0 Å². The van der Waals surface area contributed by atoms with Crippen molar-refractivity contribution >= 4 is 40.2 Å². The molecule has 124 valence electrons. The highest BCUT2D eigenvalue weighted by Gasteiger charge is 2.43. The Morgan fingerprint density at radius 3 is 2.74 bits per heavy atom. The Bertz CT molecular complexity index is 647. The molecule has 0 unspecified atom stereocenters. The van der Waals surface area contributed by atoms with Gasteiger partial charge in [-0.3, -0.25) is 4.79 Å². The molecule has 0 bridgehead atoms. The summed E-state index contributed by atoms with van der Waals surface area (Å²) >= 11 is 9.17. The zero-order valence-corrected chi connectivity index (χ0v) is 15.4. The smallest absolute Gasteiger partial charge is 0.231 e. The summed E-state index contributed by atoms with van der Waals surface area (Å²) in [5, 5.41) is 5.17. The van der Waals surface area contributed by atoms with Crippen LogP contribution in [0.3, 0.4) is 0 Å². The van der Waals surface area contributed by atoms with Gasteiger partial charge in [-0.15, -0.1) is 22.7 Å². The molecule has 0 aromatic carbocycles. The van der Waals surface area contributed by atoms with Gasteiger partial charge in [-0.25, -0.2) is 0 Å². The molecule has 1 saturated carbocycles. The van der Waals surface area contributed by atoms with Crippen LogP contribution in [-0.2, 0) is 14.9 Å². The summed E-state index contributed by atoms with van der Waals surface area (Å²) in [6, 6.07) is 7.93. The number of thiophene rings is 2. The van der Waals surface area contributed by atoms with Crippen molar-refractivity contribution in [3.8, 4) is 0 Å². The zero-order chi connectivity index (χ0) is 16.3. The summed E-state index contributed by atoms with van der Waals surface area (Å²) in [5.41, 5.74) is -0.348. The molecule has 1 fully saturated rings. The highest BCUT2D eigenvalue weighted by Crippen LogP contribution is 2.43. The molecule has 0 spiro atoms. The number of rotatable bonds is 6. The van der Waals surface area contributed by atoms with Gasteiger partial charge in [-0.1, -0.05) is 30.5 Å². The van der Waals surface area contributed by atoms with Crippen molar-refractivity contribution in [3.05, 3.63) is 43.7 Å². The molecule has 1 aliphatic carbocycles. The average molecular weight is 370 g/mol. The molecule has 2 aromatic heterocycles. The normalized spacial score (nSPS) is 18.0. The van der Waals surface area contributed by atoms with Crippen LogP contribution < -0.4 is 5.32 Å². The van der Waals surface area contributed by atoms with Crippen LogP contribution in [0.5, 0.6) is 0 Å². The Kier molecular flexibility index (Phi) is 5.42. The molecule has 0 saturated heterocycles. The first-order valence-electron chi connectivity index (χ1n) is 7.76. The molecule has 3 rings (SSSR count). The molecule has 0 radical (unpaired) electrons. The van der Waals surface area contributed by atoms with Crippen LogP contribution in [0.4, 0.5) is 0 Å². The van der Waals surface area contributed by atoms with Crippen LogP contribution in [0, 0.1) is 0 Å². The number of methoxy groups -OCH3 is 1. The Morgan fingerprint density at radius 1 is 1.39 bits per heavy atom. The molecule has 23 heavy (non-hydrogen) atoms. The van der Waals surface area contributed by atoms with Gasteiger partial charge in [0, 0.05) is 23.4 Å². The van der Waals surface area contributed by atoms with Crippen molar-refractivity contribution in [3.63, 3.8) is 0 Å². The van der Waals surface area contributed by atoms with Crippen LogP contribution in [0.1, 0.15) is 41.5 Å². The van der Waals surface area contributed by atoms with Crippen molar-refractivity contribution in [1.29, 1.82) is 0 Å². The topological polar surface area (TPSA) is 38.3 Å². The van der Waals surface area contributed by atoms with Gasteiger partial charge in [0.05, 0.1) is 9.75 Å². The number of halogens is 1. The summed E-state index contributed by atoms with van der Waals surface area (Å²) in [6.07, 6.45) is 3.93. The average Bonchev–Trinajstić information content (AvgIpc) is 3.29. The number of carbonyl (C=O) groups is 1.